The molecule has 2 saturated heterocycles. The Labute approximate surface area is 206 Å². The minimum Gasteiger partial charge on any atom is -0.427 e. The van der Waals surface area contributed by atoms with E-state index >= 15 is 0 Å². The molecule has 3 aromatic carbocycles. The van der Waals surface area contributed by atoms with Gasteiger partial charge in [-0.3, -0.25) is 24.2 Å². The molecule has 0 bridgehead atoms. The second-order valence-corrected chi connectivity index (χ2v) is 9.01. The van der Waals surface area contributed by atoms with Crippen molar-refractivity contribution in [3.8, 4) is 5.75 Å². The van der Waals surface area contributed by atoms with Gasteiger partial charge in [0.2, 0.25) is 11.8 Å². The van der Waals surface area contributed by atoms with Crippen molar-refractivity contribution in [3.05, 3.63) is 84.4 Å². The first-order chi connectivity index (χ1) is 17.5. The van der Waals surface area contributed by atoms with Crippen LogP contribution in [0, 0.1) is 11.8 Å². The number of nitrogens with zero attached hydrogens (tertiary/aromatic N) is 3. The Balaban J connectivity index is 1.40. The van der Waals surface area contributed by atoms with Crippen molar-refractivity contribution in [1.82, 2.24) is 5.01 Å². The van der Waals surface area contributed by atoms with Gasteiger partial charge in [-0.15, -0.1) is 0 Å². The quantitative estimate of drug-likeness (QED) is 0.246. The van der Waals surface area contributed by atoms with E-state index in [0.29, 0.717) is 17.0 Å². The number of hydrogen-bond acceptors (Lipinski definition) is 7. The Morgan fingerprint density at radius 1 is 0.889 bits per heavy atom. The summed E-state index contributed by atoms with van der Waals surface area (Å²) < 4.78 is 5.06. The van der Waals surface area contributed by atoms with Gasteiger partial charge in [-0.05, 0) is 41.8 Å². The highest BCUT2D eigenvalue weighted by Crippen LogP contribution is 2.47. The van der Waals surface area contributed by atoms with Crippen LogP contribution in [0.1, 0.15) is 17.3 Å². The second-order valence-electron chi connectivity index (χ2n) is 9.01. The van der Waals surface area contributed by atoms with Crippen molar-refractivity contribution >= 4 is 46.2 Å². The van der Waals surface area contributed by atoms with Gasteiger partial charge >= 0.3 is 5.97 Å². The smallest absolute Gasteiger partial charge is 0.308 e. The summed E-state index contributed by atoms with van der Waals surface area (Å²) in [5, 5.41) is 7.67. The van der Waals surface area contributed by atoms with Gasteiger partial charge in [0.15, 0.2) is 5.78 Å². The molecule has 8 nitrogen and oxygen atoms in total. The number of Topliss-reactive ketones (excluding diaryl/α,β-unsaturated/α-hetero) is 1. The van der Waals surface area contributed by atoms with E-state index < -0.39 is 35.8 Å². The van der Waals surface area contributed by atoms with E-state index in [1.165, 1.54) is 24.0 Å². The van der Waals surface area contributed by atoms with E-state index in [-0.39, 0.29) is 11.7 Å². The lowest BCUT2D eigenvalue weighted by Crippen LogP contribution is -2.46. The molecule has 6 rings (SSSR count). The third kappa shape index (κ3) is 3.25. The number of hydrazone groups is 1. The largest absolute Gasteiger partial charge is 0.427 e. The van der Waals surface area contributed by atoms with Crippen molar-refractivity contribution in [2.24, 2.45) is 16.9 Å². The van der Waals surface area contributed by atoms with E-state index in [1.807, 2.05) is 42.5 Å². The third-order valence-electron chi connectivity index (χ3n) is 6.97. The average molecular weight is 479 g/mol. The second kappa shape index (κ2) is 8.27. The molecule has 4 atom stereocenters. The van der Waals surface area contributed by atoms with Gasteiger partial charge in [-0.2, -0.15) is 5.10 Å². The molecule has 3 heterocycles. The van der Waals surface area contributed by atoms with Gasteiger partial charge in [-0.25, -0.2) is 4.90 Å². The number of amides is 2. The molecule has 2 amide bonds. The van der Waals surface area contributed by atoms with Crippen LogP contribution in [0.25, 0.3) is 10.8 Å². The monoisotopic (exact) mass is 479 g/mol. The van der Waals surface area contributed by atoms with Crippen molar-refractivity contribution in [3.63, 3.8) is 0 Å². The van der Waals surface area contributed by atoms with Gasteiger partial charge in [0.25, 0.3) is 0 Å². The molecule has 0 unspecified atom stereocenters. The number of allylic oxidation sites excluding steroid dienone is 1. The highest BCUT2D eigenvalue weighted by atomic mass is 16.5. The average Bonchev–Trinajstić information content (AvgIpc) is 3.36. The molecular formula is C28H21N3O5. The summed E-state index contributed by atoms with van der Waals surface area (Å²) in [5.74, 6) is -2.84. The molecule has 0 saturated carbocycles. The number of ether oxygens (including phenoxy) is 1. The number of ketones is 1. The fourth-order valence-corrected chi connectivity index (χ4v) is 5.50. The lowest BCUT2D eigenvalue weighted by Gasteiger charge is -2.30. The zero-order valence-corrected chi connectivity index (χ0v) is 19.3. The SMILES string of the molecule is CC(=O)Oc1ccc(C(=O)[C@@H]2[C@@H]3C(=O)N(c4cccc5ccccc45)C(=O)[C@H]3[C@H]3C=CC=NN32)cc1. The molecule has 8 heteroatoms. The number of benzene rings is 3. The van der Waals surface area contributed by atoms with Crippen LogP contribution in [0.15, 0.2) is 84.0 Å². The summed E-state index contributed by atoms with van der Waals surface area (Å²) in [6, 6.07) is 17.8. The number of carbonyl (C=O) groups excluding carboxylic acids is 4. The normalized spacial score (nSPS) is 24.2. The number of rotatable bonds is 4. The summed E-state index contributed by atoms with van der Waals surface area (Å²) in [5.41, 5.74) is 0.855. The number of carbonyl (C=O) groups is 4. The lowest BCUT2D eigenvalue weighted by atomic mass is 9.86. The van der Waals surface area contributed by atoms with Crippen molar-refractivity contribution < 1.29 is 23.9 Å². The van der Waals surface area contributed by atoms with Gasteiger partial charge in [-0.1, -0.05) is 42.5 Å². The maximum absolute atomic E-state index is 13.9. The molecule has 3 aliphatic rings. The molecule has 2 fully saturated rings. The van der Waals surface area contributed by atoms with E-state index in [0.717, 1.165) is 10.8 Å². The number of hydrogen-bond donors (Lipinski definition) is 0. The van der Waals surface area contributed by atoms with Crippen LogP contribution >= 0.6 is 0 Å². The molecule has 36 heavy (non-hydrogen) atoms. The zero-order valence-electron chi connectivity index (χ0n) is 19.3. The van der Waals surface area contributed by atoms with E-state index in [4.69, 9.17) is 4.74 Å². The van der Waals surface area contributed by atoms with Crippen molar-refractivity contribution in [2.45, 2.75) is 19.0 Å². The van der Waals surface area contributed by atoms with Gasteiger partial charge in [0.05, 0.1) is 23.6 Å². The number of esters is 1. The van der Waals surface area contributed by atoms with Crippen LogP contribution in [0.3, 0.4) is 0 Å². The Hall–Kier alpha value is -4.59. The summed E-state index contributed by atoms with van der Waals surface area (Å²) in [7, 11) is 0. The minimum atomic E-state index is -0.947. The number of anilines is 1. The van der Waals surface area contributed by atoms with E-state index in [1.54, 1.807) is 35.5 Å². The summed E-state index contributed by atoms with van der Waals surface area (Å²) in [4.78, 5) is 53.9. The first kappa shape index (κ1) is 21.9. The molecule has 3 aromatic rings. The summed E-state index contributed by atoms with van der Waals surface area (Å²) in [6.45, 7) is 1.30. The first-order valence-corrected chi connectivity index (χ1v) is 11.6. The fourth-order valence-electron chi connectivity index (χ4n) is 5.50. The lowest BCUT2D eigenvalue weighted by molar-refractivity contribution is -0.132. The van der Waals surface area contributed by atoms with Crippen LogP contribution < -0.4 is 9.64 Å². The van der Waals surface area contributed by atoms with E-state index in [9.17, 15) is 19.2 Å². The Morgan fingerprint density at radius 2 is 1.61 bits per heavy atom. The minimum absolute atomic E-state index is 0.314. The van der Waals surface area contributed by atoms with Crippen molar-refractivity contribution in [1.29, 1.82) is 0 Å². The Kier molecular flexibility index (Phi) is 5.03. The molecule has 0 N–H and O–H groups in total. The molecule has 0 radical (unpaired) electrons. The topological polar surface area (TPSA) is 96.3 Å². The predicted molar refractivity (Wildman–Crippen MR) is 133 cm³/mol. The molecule has 0 spiro atoms. The Morgan fingerprint density at radius 3 is 2.39 bits per heavy atom. The molecular weight excluding hydrogens is 458 g/mol. The highest BCUT2D eigenvalue weighted by Gasteiger charge is 2.64. The fraction of sp³-hybridized carbons (Fsp3) is 0.179. The van der Waals surface area contributed by atoms with Crippen LogP contribution in [0.5, 0.6) is 5.75 Å². The number of fused-ring (bicyclic) bond motifs is 4. The summed E-state index contributed by atoms with van der Waals surface area (Å²) in [6.07, 6.45) is 5.11. The maximum Gasteiger partial charge on any atom is 0.308 e. The van der Waals surface area contributed by atoms with Gasteiger partial charge in [0.1, 0.15) is 11.8 Å². The third-order valence-corrected chi connectivity index (χ3v) is 6.97. The van der Waals surface area contributed by atoms with Crippen LogP contribution in [-0.4, -0.2) is 46.9 Å². The zero-order chi connectivity index (χ0) is 25.0. The molecule has 3 aliphatic heterocycles. The predicted octanol–water partition coefficient (Wildman–Crippen LogP) is 3.36. The maximum atomic E-state index is 13.9. The van der Waals surface area contributed by atoms with Crippen LogP contribution in [-0.2, 0) is 14.4 Å². The van der Waals surface area contributed by atoms with Crippen molar-refractivity contribution in [2.75, 3.05) is 4.90 Å². The Bertz CT molecular complexity index is 1490. The van der Waals surface area contributed by atoms with Crippen LogP contribution in [0.4, 0.5) is 5.69 Å². The van der Waals surface area contributed by atoms with Gasteiger partial charge in [0, 0.05) is 24.1 Å². The van der Waals surface area contributed by atoms with Crippen LogP contribution in [0.2, 0.25) is 0 Å². The standard InChI is InChI=1S/C28H21N3O5/c1-16(32)36-19-13-11-18(12-14-19)26(33)25-24-23(22-10-5-15-29-31(22)25)27(34)30(28(24)35)21-9-4-7-17-6-2-3-8-20(17)21/h2-15,22-25H,1H3/t22-,23+,24-,25+/m1/s1. The first-order valence-electron chi connectivity index (χ1n) is 11.6. The summed E-state index contributed by atoms with van der Waals surface area (Å²) >= 11 is 0. The molecule has 0 aliphatic carbocycles. The highest BCUT2D eigenvalue weighted by molar-refractivity contribution is 6.27. The molecule has 178 valence electrons. The van der Waals surface area contributed by atoms with E-state index in [2.05, 4.69) is 5.10 Å². The molecule has 0 aromatic heterocycles. The number of imide groups is 1. The van der Waals surface area contributed by atoms with Gasteiger partial charge < -0.3 is 4.74 Å².